The highest BCUT2D eigenvalue weighted by atomic mass is 79.9. The molecule has 2 aromatic carbocycles. The van der Waals surface area contributed by atoms with Gasteiger partial charge in [0.1, 0.15) is 24.5 Å². The molecule has 0 aliphatic rings. The Balaban J connectivity index is 1.67. The maximum atomic E-state index is 14.4. The standard InChI is InChI=1S/C20H20BrClFN5O2/c1-2-7-24-20(29)25-8-9-30-12-3-4-13-16(10-12)26-11-27-19(13)28-15-6-5-14(21)17(22)18(15)23/h3-6,10-11H,2,7-9H2,1H3,(H2,24,25,29)(H,26,27,28). The molecular formula is C20H20BrClFN5O2. The van der Waals surface area contributed by atoms with Crippen molar-refractivity contribution in [2.45, 2.75) is 13.3 Å². The molecule has 0 spiro atoms. The van der Waals surface area contributed by atoms with Crippen LogP contribution >= 0.6 is 27.5 Å². The van der Waals surface area contributed by atoms with Crippen molar-refractivity contribution in [3.63, 3.8) is 0 Å². The molecule has 0 aliphatic carbocycles. The van der Waals surface area contributed by atoms with E-state index in [9.17, 15) is 9.18 Å². The van der Waals surface area contributed by atoms with Crippen LogP contribution in [0.1, 0.15) is 13.3 Å². The second-order valence-electron chi connectivity index (χ2n) is 6.28. The number of hydrogen-bond donors (Lipinski definition) is 3. The van der Waals surface area contributed by atoms with Gasteiger partial charge in [-0.3, -0.25) is 0 Å². The Kier molecular flexibility index (Phi) is 7.64. The summed E-state index contributed by atoms with van der Waals surface area (Å²) in [5.41, 5.74) is 0.832. The third-order valence-corrected chi connectivity index (χ3v) is 5.35. The van der Waals surface area contributed by atoms with Gasteiger partial charge in [0, 0.05) is 22.5 Å². The largest absolute Gasteiger partial charge is 0.492 e. The number of ether oxygens (including phenoxy) is 1. The van der Waals surface area contributed by atoms with Gasteiger partial charge in [-0.15, -0.1) is 0 Å². The Hall–Kier alpha value is -2.65. The van der Waals surface area contributed by atoms with E-state index in [1.54, 1.807) is 30.3 Å². The Bertz CT molecular complexity index is 1050. The van der Waals surface area contributed by atoms with Crippen LogP contribution in [0.5, 0.6) is 5.75 Å². The number of anilines is 2. The highest BCUT2D eigenvalue weighted by Crippen LogP contribution is 2.33. The summed E-state index contributed by atoms with van der Waals surface area (Å²) in [5, 5.41) is 9.08. The lowest BCUT2D eigenvalue weighted by molar-refractivity contribution is 0.236. The van der Waals surface area contributed by atoms with Crippen molar-refractivity contribution < 1.29 is 13.9 Å². The summed E-state index contributed by atoms with van der Waals surface area (Å²) < 4.78 is 20.5. The van der Waals surface area contributed by atoms with Crippen LogP contribution in [0.3, 0.4) is 0 Å². The van der Waals surface area contributed by atoms with Gasteiger partial charge in [-0.2, -0.15) is 0 Å². The fourth-order valence-electron chi connectivity index (χ4n) is 2.61. The molecule has 0 radical (unpaired) electrons. The third-order valence-electron chi connectivity index (χ3n) is 4.09. The first-order valence-electron chi connectivity index (χ1n) is 9.29. The molecule has 30 heavy (non-hydrogen) atoms. The molecule has 1 heterocycles. The Morgan fingerprint density at radius 1 is 1.20 bits per heavy atom. The zero-order valence-corrected chi connectivity index (χ0v) is 18.5. The van der Waals surface area contributed by atoms with E-state index in [2.05, 4.69) is 41.8 Å². The Morgan fingerprint density at radius 2 is 2.00 bits per heavy atom. The topological polar surface area (TPSA) is 88.2 Å². The first-order valence-corrected chi connectivity index (χ1v) is 10.5. The minimum absolute atomic E-state index is 0.00830. The lowest BCUT2D eigenvalue weighted by atomic mass is 10.2. The summed E-state index contributed by atoms with van der Waals surface area (Å²) in [4.78, 5) is 20.0. The van der Waals surface area contributed by atoms with E-state index in [0.29, 0.717) is 46.6 Å². The van der Waals surface area contributed by atoms with Gasteiger partial charge in [0.25, 0.3) is 0 Å². The van der Waals surface area contributed by atoms with Crippen molar-refractivity contribution in [2.75, 3.05) is 25.0 Å². The summed E-state index contributed by atoms with van der Waals surface area (Å²) in [6, 6.07) is 8.30. The maximum Gasteiger partial charge on any atom is 0.314 e. The first kappa shape index (κ1) is 22.0. The number of nitrogens with zero attached hydrogens (tertiary/aromatic N) is 2. The van der Waals surface area contributed by atoms with Gasteiger partial charge in [-0.25, -0.2) is 19.2 Å². The van der Waals surface area contributed by atoms with E-state index in [4.69, 9.17) is 16.3 Å². The molecule has 0 saturated carbocycles. The highest BCUT2D eigenvalue weighted by molar-refractivity contribution is 9.10. The van der Waals surface area contributed by atoms with Crippen LogP contribution in [0.2, 0.25) is 5.02 Å². The molecule has 3 rings (SSSR count). The fourth-order valence-corrected chi connectivity index (χ4v) is 3.08. The molecule has 1 aromatic heterocycles. The SMILES string of the molecule is CCCNC(=O)NCCOc1ccc2c(Nc3ccc(Br)c(Cl)c3F)ncnc2c1. The number of carbonyl (C=O) groups excluding carboxylic acids is 1. The van der Waals surface area contributed by atoms with E-state index in [1.807, 2.05) is 6.92 Å². The number of nitrogens with one attached hydrogen (secondary N) is 3. The predicted molar refractivity (Wildman–Crippen MR) is 119 cm³/mol. The van der Waals surface area contributed by atoms with Gasteiger partial charge in [0.05, 0.1) is 22.8 Å². The average molecular weight is 497 g/mol. The summed E-state index contributed by atoms with van der Waals surface area (Å²) in [7, 11) is 0. The van der Waals surface area contributed by atoms with Crippen LogP contribution in [-0.4, -0.2) is 35.7 Å². The zero-order chi connectivity index (χ0) is 21.5. The number of carbonyl (C=O) groups is 1. The zero-order valence-electron chi connectivity index (χ0n) is 16.1. The predicted octanol–water partition coefficient (Wildman–Crippen LogP) is 5.02. The van der Waals surface area contributed by atoms with E-state index >= 15 is 0 Å². The van der Waals surface area contributed by atoms with Crippen molar-refractivity contribution in [3.05, 3.63) is 52.0 Å². The van der Waals surface area contributed by atoms with Gasteiger partial charge in [0.15, 0.2) is 5.82 Å². The quantitative estimate of drug-likeness (QED) is 0.301. The van der Waals surface area contributed by atoms with Crippen LogP contribution in [-0.2, 0) is 0 Å². The summed E-state index contributed by atoms with van der Waals surface area (Å²) in [6.45, 7) is 3.29. The number of hydrogen-bond acceptors (Lipinski definition) is 5. The Labute approximate surface area is 186 Å². The van der Waals surface area contributed by atoms with Gasteiger partial charge < -0.3 is 20.7 Å². The molecule has 2 amide bonds. The fraction of sp³-hybridized carbons (Fsp3) is 0.250. The lowest BCUT2D eigenvalue weighted by Crippen LogP contribution is -2.37. The van der Waals surface area contributed by atoms with Crippen molar-refractivity contribution in [1.82, 2.24) is 20.6 Å². The van der Waals surface area contributed by atoms with Crippen LogP contribution in [0.4, 0.5) is 20.7 Å². The number of aromatic nitrogens is 2. The highest BCUT2D eigenvalue weighted by Gasteiger charge is 2.13. The number of rotatable bonds is 8. The van der Waals surface area contributed by atoms with Gasteiger partial charge in [-0.1, -0.05) is 18.5 Å². The number of benzene rings is 2. The van der Waals surface area contributed by atoms with Gasteiger partial charge in [-0.05, 0) is 46.6 Å². The van der Waals surface area contributed by atoms with Crippen LogP contribution in [0, 0.1) is 5.82 Å². The van der Waals surface area contributed by atoms with Gasteiger partial charge in [0.2, 0.25) is 0 Å². The normalized spacial score (nSPS) is 10.7. The second-order valence-corrected chi connectivity index (χ2v) is 7.51. The van der Waals surface area contributed by atoms with E-state index in [1.165, 1.54) is 6.33 Å². The van der Waals surface area contributed by atoms with E-state index in [0.717, 1.165) is 6.42 Å². The molecule has 3 aromatic rings. The first-order chi connectivity index (χ1) is 14.5. The molecule has 0 aliphatic heterocycles. The Morgan fingerprint density at radius 3 is 2.80 bits per heavy atom. The van der Waals surface area contributed by atoms with Crippen LogP contribution in [0.15, 0.2) is 41.1 Å². The molecule has 0 bridgehead atoms. The molecule has 0 unspecified atom stereocenters. The smallest absolute Gasteiger partial charge is 0.314 e. The molecule has 158 valence electrons. The summed E-state index contributed by atoms with van der Waals surface area (Å²) >= 11 is 9.14. The third kappa shape index (κ3) is 5.48. The van der Waals surface area contributed by atoms with Crippen LogP contribution in [0.25, 0.3) is 10.9 Å². The van der Waals surface area contributed by atoms with Crippen LogP contribution < -0.4 is 20.7 Å². The molecule has 7 nitrogen and oxygen atoms in total. The minimum Gasteiger partial charge on any atom is -0.492 e. The number of halogens is 3. The van der Waals surface area contributed by atoms with E-state index < -0.39 is 5.82 Å². The number of fused-ring (bicyclic) bond motifs is 1. The average Bonchev–Trinajstić information content (AvgIpc) is 2.75. The summed E-state index contributed by atoms with van der Waals surface area (Å²) in [6.07, 6.45) is 2.26. The lowest BCUT2D eigenvalue weighted by Gasteiger charge is -2.12. The number of urea groups is 1. The maximum absolute atomic E-state index is 14.4. The molecule has 0 saturated heterocycles. The second kappa shape index (κ2) is 10.4. The summed E-state index contributed by atoms with van der Waals surface area (Å²) in [5.74, 6) is 0.465. The minimum atomic E-state index is -0.576. The molecule has 10 heteroatoms. The molecular weight excluding hydrogens is 477 g/mol. The van der Waals surface area contributed by atoms with Crippen molar-refractivity contribution in [3.8, 4) is 5.75 Å². The van der Waals surface area contributed by atoms with Crippen molar-refractivity contribution in [1.29, 1.82) is 0 Å². The molecule has 3 N–H and O–H groups in total. The molecule has 0 atom stereocenters. The van der Waals surface area contributed by atoms with Crippen molar-refractivity contribution in [2.24, 2.45) is 0 Å². The van der Waals surface area contributed by atoms with E-state index in [-0.39, 0.29) is 16.7 Å². The monoisotopic (exact) mass is 495 g/mol. The number of amides is 2. The van der Waals surface area contributed by atoms with Gasteiger partial charge >= 0.3 is 6.03 Å². The van der Waals surface area contributed by atoms with Crippen molar-refractivity contribution >= 4 is 56.0 Å². The molecule has 0 fully saturated rings.